The Morgan fingerprint density at radius 2 is 1.78 bits per heavy atom. The maximum absolute atomic E-state index is 4.53. The van der Waals surface area contributed by atoms with E-state index in [2.05, 4.69) is 84.6 Å². The van der Waals surface area contributed by atoms with Gasteiger partial charge in [-0.3, -0.25) is 4.90 Å². The summed E-state index contributed by atoms with van der Waals surface area (Å²) in [4.78, 5) is 9.24. The molecule has 2 fully saturated rings. The van der Waals surface area contributed by atoms with Gasteiger partial charge in [0.1, 0.15) is 0 Å². The second-order valence-corrected chi connectivity index (χ2v) is 11.4. The molecular formula is C33H45N3. The lowest BCUT2D eigenvalue weighted by atomic mass is 9.68. The summed E-state index contributed by atoms with van der Waals surface area (Å²) >= 11 is 0. The number of fused-ring (bicyclic) bond motifs is 4. The van der Waals surface area contributed by atoms with Crippen molar-refractivity contribution in [1.82, 2.24) is 14.8 Å². The molecule has 3 aromatic rings. The molecule has 36 heavy (non-hydrogen) atoms. The Hall–Kier alpha value is -2.52. The summed E-state index contributed by atoms with van der Waals surface area (Å²) in [6.07, 6.45) is 6.49. The number of rotatable bonds is 4. The summed E-state index contributed by atoms with van der Waals surface area (Å²) in [7, 11) is 0. The molecular weight excluding hydrogens is 438 g/mol. The molecule has 3 nitrogen and oxygen atoms in total. The molecule has 2 aromatic carbocycles. The Balaban J connectivity index is 0.00000130. The molecule has 1 saturated carbocycles. The lowest BCUT2D eigenvalue weighted by Gasteiger charge is -2.51. The van der Waals surface area contributed by atoms with Crippen molar-refractivity contribution in [3.05, 3.63) is 82.7 Å². The van der Waals surface area contributed by atoms with E-state index in [9.17, 15) is 0 Å². The van der Waals surface area contributed by atoms with Crippen molar-refractivity contribution in [1.29, 1.82) is 0 Å². The minimum absolute atomic E-state index is 0.203. The zero-order valence-corrected chi connectivity index (χ0v) is 23.2. The number of hydrogen-bond acceptors (Lipinski definition) is 2. The van der Waals surface area contributed by atoms with E-state index >= 15 is 0 Å². The van der Waals surface area contributed by atoms with Gasteiger partial charge in [-0.25, -0.2) is 0 Å². The Bertz CT molecular complexity index is 1220. The monoisotopic (exact) mass is 483 g/mol. The van der Waals surface area contributed by atoms with Gasteiger partial charge in [-0.2, -0.15) is 0 Å². The fourth-order valence-electron chi connectivity index (χ4n) is 6.97. The van der Waals surface area contributed by atoms with Gasteiger partial charge >= 0.3 is 0 Å². The third kappa shape index (κ3) is 4.30. The molecule has 192 valence electrons. The number of aryl methyl sites for hydroxylation is 2. The average molecular weight is 484 g/mol. The standard InChI is InChI=1S/C31H39N3.C2H6/c1-21-12-13-27-28(18-21)32-29-19-34(24(4)26-11-6-5-8-22(26)2)20-31(30(27)29)14-16-33(17-15-31)23(3)25-9-7-10-25;1-2/h5-6,8,11-13,18,24-25,32H,3,7,9-10,14-17,19-20H2,1-2,4H3;1-2H3. The molecule has 0 amide bonds. The van der Waals surface area contributed by atoms with Gasteiger partial charge in [-0.15, -0.1) is 0 Å². The van der Waals surface area contributed by atoms with Crippen LogP contribution in [0.5, 0.6) is 0 Å². The van der Waals surface area contributed by atoms with E-state index < -0.39 is 0 Å². The first-order chi connectivity index (χ1) is 17.4. The van der Waals surface area contributed by atoms with Gasteiger partial charge < -0.3 is 9.88 Å². The number of nitrogens with zero attached hydrogens (tertiary/aromatic N) is 2. The number of hydrogen-bond donors (Lipinski definition) is 1. The highest BCUT2D eigenvalue weighted by Crippen LogP contribution is 2.48. The minimum atomic E-state index is 0.203. The van der Waals surface area contributed by atoms with Crippen molar-refractivity contribution in [3.63, 3.8) is 0 Å². The van der Waals surface area contributed by atoms with E-state index in [1.54, 1.807) is 5.56 Å². The Morgan fingerprint density at radius 3 is 2.44 bits per heavy atom. The lowest BCUT2D eigenvalue weighted by Crippen LogP contribution is -2.52. The van der Waals surface area contributed by atoms with E-state index in [1.807, 2.05) is 13.8 Å². The lowest BCUT2D eigenvalue weighted by molar-refractivity contribution is 0.0808. The summed E-state index contributed by atoms with van der Waals surface area (Å²) in [5.41, 5.74) is 10.2. The predicted molar refractivity (Wildman–Crippen MR) is 153 cm³/mol. The van der Waals surface area contributed by atoms with Crippen molar-refractivity contribution in [3.8, 4) is 0 Å². The van der Waals surface area contributed by atoms with Crippen LogP contribution in [0, 0.1) is 19.8 Å². The van der Waals surface area contributed by atoms with E-state index in [0.29, 0.717) is 6.04 Å². The molecule has 1 unspecified atom stereocenters. The molecule has 1 atom stereocenters. The summed E-state index contributed by atoms with van der Waals surface area (Å²) in [5, 5.41) is 1.45. The average Bonchev–Trinajstić information content (AvgIpc) is 3.23. The topological polar surface area (TPSA) is 22.3 Å². The summed E-state index contributed by atoms with van der Waals surface area (Å²) < 4.78 is 0. The SMILES string of the molecule is C=C(C1CCC1)N1CCC2(CC1)CN(C(C)c1ccccc1C)Cc1[nH]c3cc(C)ccc3c12.CC. The number of piperidine rings is 1. The van der Waals surface area contributed by atoms with Crippen molar-refractivity contribution in [2.75, 3.05) is 19.6 Å². The number of nitrogens with one attached hydrogen (secondary N) is 1. The van der Waals surface area contributed by atoms with Crippen LogP contribution in [-0.4, -0.2) is 34.4 Å². The largest absolute Gasteiger partial charge is 0.375 e. The first kappa shape index (κ1) is 25.1. The first-order valence-corrected chi connectivity index (χ1v) is 14.3. The number of allylic oxidation sites excluding steroid dienone is 1. The maximum Gasteiger partial charge on any atom is 0.0462 e. The van der Waals surface area contributed by atoms with E-state index in [0.717, 1.165) is 32.1 Å². The molecule has 1 spiro atoms. The van der Waals surface area contributed by atoms with E-state index in [4.69, 9.17) is 0 Å². The van der Waals surface area contributed by atoms with Crippen LogP contribution in [0.1, 0.15) is 86.9 Å². The van der Waals surface area contributed by atoms with Gasteiger partial charge in [0, 0.05) is 59.9 Å². The van der Waals surface area contributed by atoms with Gasteiger partial charge in [0.2, 0.25) is 0 Å². The highest BCUT2D eigenvalue weighted by Gasteiger charge is 2.45. The molecule has 1 N–H and O–H groups in total. The van der Waals surface area contributed by atoms with E-state index in [-0.39, 0.29) is 5.41 Å². The predicted octanol–water partition coefficient (Wildman–Crippen LogP) is 8.04. The first-order valence-electron chi connectivity index (χ1n) is 14.3. The molecule has 2 aliphatic heterocycles. The molecule has 1 saturated heterocycles. The number of aromatic amines is 1. The molecule has 3 aliphatic rings. The molecule has 1 aliphatic carbocycles. The minimum Gasteiger partial charge on any atom is -0.375 e. The number of H-pyrrole nitrogens is 1. The van der Waals surface area contributed by atoms with Gasteiger partial charge in [-0.05, 0) is 80.7 Å². The Kier molecular flexibility index (Phi) is 7.05. The van der Waals surface area contributed by atoms with Crippen molar-refractivity contribution in [2.45, 2.75) is 84.7 Å². The van der Waals surface area contributed by atoms with E-state index in [1.165, 1.54) is 71.1 Å². The third-order valence-corrected chi connectivity index (χ3v) is 9.32. The number of benzene rings is 2. The van der Waals surface area contributed by atoms with Gasteiger partial charge in [-0.1, -0.05) is 63.2 Å². The fraction of sp³-hybridized carbons (Fsp3) is 0.515. The van der Waals surface area contributed by atoms with Crippen LogP contribution in [0.25, 0.3) is 10.9 Å². The van der Waals surface area contributed by atoms with Gasteiger partial charge in [0.25, 0.3) is 0 Å². The Morgan fingerprint density at radius 1 is 1.06 bits per heavy atom. The van der Waals surface area contributed by atoms with Crippen LogP contribution >= 0.6 is 0 Å². The van der Waals surface area contributed by atoms with Crippen LogP contribution in [0.15, 0.2) is 54.7 Å². The molecule has 0 bridgehead atoms. The second kappa shape index (κ2) is 10.1. The summed E-state index contributed by atoms with van der Waals surface area (Å²) in [6.45, 7) is 19.8. The van der Waals surface area contributed by atoms with Crippen LogP contribution in [-0.2, 0) is 12.0 Å². The summed E-state index contributed by atoms with van der Waals surface area (Å²) in [6, 6.07) is 16.3. The molecule has 6 rings (SSSR count). The number of likely N-dealkylation sites (tertiary alicyclic amines) is 1. The molecule has 0 radical (unpaired) electrons. The number of aromatic nitrogens is 1. The van der Waals surface area contributed by atoms with Crippen molar-refractivity contribution in [2.24, 2.45) is 5.92 Å². The zero-order chi connectivity index (χ0) is 25.4. The molecule has 3 heterocycles. The van der Waals surface area contributed by atoms with Gasteiger partial charge in [0.15, 0.2) is 0 Å². The highest BCUT2D eigenvalue weighted by atomic mass is 15.2. The second-order valence-electron chi connectivity index (χ2n) is 11.4. The van der Waals surface area contributed by atoms with Crippen molar-refractivity contribution < 1.29 is 0 Å². The van der Waals surface area contributed by atoms with Crippen LogP contribution in [0.2, 0.25) is 0 Å². The van der Waals surface area contributed by atoms with Crippen molar-refractivity contribution >= 4 is 10.9 Å². The smallest absolute Gasteiger partial charge is 0.0462 e. The Labute approximate surface area is 218 Å². The molecule has 1 aromatic heterocycles. The normalized spacial score (nSPS) is 20.4. The van der Waals surface area contributed by atoms with Crippen LogP contribution in [0.4, 0.5) is 0 Å². The summed E-state index contributed by atoms with van der Waals surface area (Å²) in [5.74, 6) is 0.740. The van der Waals surface area contributed by atoms with Crippen LogP contribution < -0.4 is 0 Å². The maximum atomic E-state index is 4.53. The highest BCUT2D eigenvalue weighted by molar-refractivity contribution is 5.87. The van der Waals surface area contributed by atoms with Crippen LogP contribution in [0.3, 0.4) is 0 Å². The quantitative estimate of drug-likeness (QED) is 0.406. The fourth-order valence-corrected chi connectivity index (χ4v) is 6.97. The third-order valence-electron chi connectivity index (χ3n) is 9.32. The zero-order valence-electron chi connectivity index (χ0n) is 23.2. The van der Waals surface area contributed by atoms with Gasteiger partial charge in [0.05, 0.1) is 0 Å². The molecule has 3 heteroatoms.